The standard InChI is InChI=1S/C15H19ClN2O2/c1-10(6-11-2-4-12(16)5-3-11)17-8-14-7-13(17)9-18(14)15(19)20/h2-5,10,13-14H,6-9H2,1H3,(H,19,20). The summed E-state index contributed by atoms with van der Waals surface area (Å²) in [7, 11) is 0. The molecule has 1 amide bonds. The van der Waals surface area contributed by atoms with Gasteiger partial charge in [0.1, 0.15) is 0 Å². The highest BCUT2D eigenvalue weighted by molar-refractivity contribution is 6.30. The van der Waals surface area contributed by atoms with E-state index >= 15 is 0 Å². The van der Waals surface area contributed by atoms with Gasteiger partial charge in [0.05, 0.1) is 0 Å². The summed E-state index contributed by atoms with van der Waals surface area (Å²) in [4.78, 5) is 15.1. The van der Waals surface area contributed by atoms with E-state index in [1.165, 1.54) is 5.56 Å². The largest absolute Gasteiger partial charge is 0.465 e. The lowest BCUT2D eigenvalue weighted by Gasteiger charge is -2.36. The molecule has 1 aromatic carbocycles. The zero-order chi connectivity index (χ0) is 14.3. The Bertz CT molecular complexity index is 505. The maximum absolute atomic E-state index is 11.1. The van der Waals surface area contributed by atoms with Gasteiger partial charge in [0, 0.05) is 36.2 Å². The molecule has 5 heteroatoms. The van der Waals surface area contributed by atoms with Gasteiger partial charge in [-0.15, -0.1) is 0 Å². The third-order valence-electron chi connectivity index (χ3n) is 4.54. The Balaban J connectivity index is 1.61. The molecule has 0 aromatic heterocycles. The van der Waals surface area contributed by atoms with Gasteiger partial charge in [-0.1, -0.05) is 23.7 Å². The van der Waals surface area contributed by atoms with Crippen LogP contribution in [-0.4, -0.2) is 52.2 Å². The molecule has 2 heterocycles. The Morgan fingerprint density at radius 1 is 1.35 bits per heavy atom. The fourth-order valence-electron chi connectivity index (χ4n) is 3.55. The van der Waals surface area contributed by atoms with E-state index in [-0.39, 0.29) is 6.04 Å². The van der Waals surface area contributed by atoms with Crippen LogP contribution in [0.5, 0.6) is 0 Å². The summed E-state index contributed by atoms with van der Waals surface area (Å²) in [6.45, 7) is 3.75. The number of carboxylic acid groups (broad SMARTS) is 1. The highest BCUT2D eigenvalue weighted by Gasteiger charge is 2.46. The van der Waals surface area contributed by atoms with Crippen molar-refractivity contribution < 1.29 is 9.90 Å². The third-order valence-corrected chi connectivity index (χ3v) is 4.79. The first-order valence-electron chi connectivity index (χ1n) is 7.04. The van der Waals surface area contributed by atoms with E-state index in [0.717, 1.165) is 24.4 Å². The number of carbonyl (C=O) groups is 1. The van der Waals surface area contributed by atoms with Crippen molar-refractivity contribution in [1.82, 2.24) is 9.80 Å². The first kappa shape index (κ1) is 13.7. The summed E-state index contributed by atoms with van der Waals surface area (Å²) in [6.07, 6.45) is 1.19. The molecule has 2 bridgehead atoms. The number of likely N-dealkylation sites (tertiary alicyclic amines) is 2. The molecule has 3 rings (SSSR count). The molecule has 2 aliphatic heterocycles. The molecule has 0 radical (unpaired) electrons. The highest BCUT2D eigenvalue weighted by atomic mass is 35.5. The van der Waals surface area contributed by atoms with Gasteiger partial charge in [0.2, 0.25) is 0 Å². The Hall–Kier alpha value is -1.26. The van der Waals surface area contributed by atoms with Crippen molar-refractivity contribution in [3.63, 3.8) is 0 Å². The van der Waals surface area contributed by atoms with Crippen LogP contribution in [0.1, 0.15) is 18.9 Å². The van der Waals surface area contributed by atoms with Crippen LogP contribution in [-0.2, 0) is 6.42 Å². The highest BCUT2D eigenvalue weighted by Crippen LogP contribution is 2.32. The Morgan fingerprint density at radius 3 is 2.60 bits per heavy atom. The van der Waals surface area contributed by atoms with Crippen LogP contribution in [0.2, 0.25) is 5.02 Å². The topological polar surface area (TPSA) is 43.8 Å². The summed E-state index contributed by atoms with van der Waals surface area (Å²) >= 11 is 5.90. The van der Waals surface area contributed by atoms with Gasteiger partial charge in [0.15, 0.2) is 0 Å². The first-order chi connectivity index (χ1) is 9.54. The van der Waals surface area contributed by atoms with Crippen molar-refractivity contribution in [2.45, 2.75) is 37.9 Å². The molecule has 1 aromatic rings. The summed E-state index contributed by atoms with van der Waals surface area (Å²) in [5.74, 6) is 0. The number of piperazine rings is 1. The third kappa shape index (κ3) is 2.50. The van der Waals surface area contributed by atoms with Gasteiger partial charge in [0.25, 0.3) is 0 Å². The molecule has 1 N–H and O–H groups in total. The zero-order valence-corrected chi connectivity index (χ0v) is 12.3. The maximum atomic E-state index is 11.1. The molecule has 4 nitrogen and oxygen atoms in total. The van der Waals surface area contributed by atoms with Crippen LogP contribution in [0.25, 0.3) is 0 Å². The van der Waals surface area contributed by atoms with Crippen molar-refractivity contribution in [3.05, 3.63) is 34.9 Å². The number of hydrogen-bond donors (Lipinski definition) is 1. The molecule has 2 saturated heterocycles. The lowest BCUT2D eigenvalue weighted by atomic mass is 10.1. The number of amides is 1. The average Bonchev–Trinajstić information content (AvgIpc) is 3.01. The van der Waals surface area contributed by atoms with Gasteiger partial charge in [-0.3, -0.25) is 4.90 Å². The second-order valence-electron chi connectivity index (χ2n) is 5.85. The van der Waals surface area contributed by atoms with Crippen LogP contribution in [0.15, 0.2) is 24.3 Å². The molecule has 0 saturated carbocycles. The number of benzene rings is 1. The Morgan fingerprint density at radius 2 is 2.05 bits per heavy atom. The smallest absolute Gasteiger partial charge is 0.407 e. The average molecular weight is 295 g/mol. The number of halogens is 1. The van der Waals surface area contributed by atoms with Crippen molar-refractivity contribution in [2.24, 2.45) is 0 Å². The second-order valence-corrected chi connectivity index (χ2v) is 6.29. The van der Waals surface area contributed by atoms with Crippen LogP contribution in [0, 0.1) is 0 Å². The number of rotatable bonds is 3. The van der Waals surface area contributed by atoms with Crippen molar-refractivity contribution in [3.8, 4) is 0 Å². The van der Waals surface area contributed by atoms with E-state index in [2.05, 4.69) is 24.0 Å². The van der Waals surface area contributed by atoms with E-state index in [0.29, 0.717) is 18.6 Å². The van der Waals surface area contributed by atoms with Gasteiger partial charge >= 0.3 is 6.09 Å². The Kier molecular flexibility index (Phi) is 3.61. The predicted molar refractivity (Wildman–Crippen MR) is 78.2 cm³/mol. The molecule has 2 aliphatic rings. The normalized spacial score (nSPS) is 27.0. The van der Waals surface area contributed by atoms with E-state index < -0.39 is 6.09 Å². The zero-order valence-electron chi connectivity index (χ0n) is 11.5. The summed E-state index contributed by atoms with van der Waals surface area (Å²) in [5.41, 5.74) is 1.28. The lowest BCUT2D eigenvalue weighted by Crippen LogP contribution is -2.51. The fourth-order valence-corrected chi connectivity index (χ4v) is 3.68. The summed E-state index contributed by atoms with van der Waals surface area (Å²) in [5, 5.41) is 9.88. The molecule has 3 unspecified atom stereocenters. The van der Waals surface area contributed by atoms with Crippen LogP contribution >= 0.6 is 11.6 Å². The lowest BCUT2D eigenvalue weighted by molar-refractivity contribution is 0.0861. The minimum absolute atomic E-state index is 0.185. The van der Waals surface area contributed by atoms with E-state index in [1.54, 1.807) is 4.90 Å². The SMILES string of the molecule is CC(Cc1ccc(Cl)cc1)N1CC2CC1CN2C(=O)O. The molecule has 0 aliphatic carbocycles. The van der Waals surface area contributed by atoms with Gasteiger partial charge in [-0.2, -0.15) is 0 Å². The molecule has 0 spiro atoms. The van der Waals surface area contributed by atoms with Crippen LogP contribution < -0.4 is 0 Å². The Labute approximate surface area is 123 Å². The predicted octanol–water partition coefficient (Wildman–Crippen LogP) is 2.71. The van der Waals surface area contributed by atoms with Crippen LogP contribution in [0.4, 0.5) is 4.79 Å². The van der Waals surface area contributed by atoms with Crippen molar-refractivity contribution in [1.29, 1.82) is 0 Å². The summed E-state index contributed by atoms with van der Waals surface area (Å²) < 4.78 is 0. The van der Waals surface area contributed by atoms with Gasteiger partial charge < -0.3 is 10.0 Å². The minimum Gasteiger partial charge on any atom is -0.465 e. The van der Waals surface area contributed by atoms with Gasteiger partial charge in [-0.25, -0.2) is 4.79 Å². The van der Waals surface area contributed by atoms with Gasteiger partial charge in [-0.05, 0) is 37.5 Å². The first-order valence-corrected chi connectivity index (χ1v) is 7.42. The van der Waals surface area contributed by atoms with Crippen LogP contribution in [0.3, 0.4) is 0 Å². The number of nitrogens with zero attached hydrogens (tertiary/aromatic N) is 2. The quantitative estimate of drug-likeness (QED) is 0.932. The number of fused-ring (bicyclic) bond motifs is 2. The second kappa shape index (κ2) is 5.26. The number of hydrogen-bond acceptors (Lipinski definition) is 2. The molecular weight excluding hydrogens is 276 g/mol. The maximum Gasteiger partial charge on any atom is 0.407 e. The fraction of sp³-hybridized carbons (Fsp3) is 0.533. The molecular formula is C15H19ClN2O2. The molecule has 3 atom stereocenters. The molecule has 2 fully saturated rings. The monoisotopic (exact) mass is 294 g/mol. The van der Waals surface area contributed by atoms with E-state index in [1.807, 2.05) is 12.1 Å². The minimum atomic E-state index is -0.775. The van der Waals surface area contributed by atoms with E-state index in [9.17, 15) is 4.79 Å². The molecule has 20 heavy (non-hydrogen) atoms. The van der Waals surface area contributed by atoms with E-state index in [4.69, 9.17) is 16.7 Å². The summed E-state index contributed by atoms with van der Waals surface area (Å²) in [6, 6.07) is 8.98. The molecule has 108 valence electrons. The van der Waals surface area contributed by atoms with Crippen molar-refractivity contribution in [2.75, 3.05) is 13.1 Å². The van der Waals surface area contributed by atoms with Crippen molar-refractivity contribution >= 4 is 17.7 Å².